The van der Waals surface area contributed by atoms with E-state index in [1.165, 1.54) is 14.0 Å². The molecule has 0 aliphatic heterocycles. The van der Waals surface area contributed by atoms with E-state index in [9.17, 15) is 14.9 Å². The van der Waals surface area contributed by atoms with Crippen molar-refractivity contribution in [3.05, 3.63) is 53.7 Å². The molecule has 0 spiro atoms. The number of esters is 1. The van der Waals surface area contributed by atoms with Gasteiger partial charge in [-0.25, -0.2) is 4.79 Å². The maximum atomic E-state index is 12.3. The highest BCUT2D eigenvalue weighted by molar-refractivity contribution is 5.93. The van der Waals surface area contributed by atoms with Gasteiger partial charge >= 0.3 is 5.97 Å². The van der Waals surface area contributed by atoms with Crippen LogP contribution >= 0.6 is 0 Å². The van der Waals surface area contributed by atoms with Crippen LogP contribution in [0.5, 0.6) is 11.5 Å². The van der Waals surface area contributed by atoms with Gasteiger partial charge in [-0.05, 0) is 37.6 Å². The van der Waals surface area contributed by atoms with E-state index in [4.69, 9.17) is 18.9 Å². The van der Waals surface area contributed by atoms with Crippen molar-refractivity contribution in [2.75, 3.05) is 33.7 Å². The minimum Gasteiger partial charge on any atom is -0.493 e. The highest BCUT2D eigenvalue weighted by Gasteiger charge is 2.17. The number of carbonyl (C=O) groups excluding carboxylic acids is 2. The molecule has 178 valence electrons. The second kappa shape index (κ2) is 11.7. The third-order valence-corrected chi connectivity index (χ3v) is 4.93. The van der Waals surface area contributed by atoms with Crippen molar-refractivity contribution in [1.29, 1.82) is 5.26 Å². The summed E-state index contributed by atoms with van der Waals surface area (Å²) >= 11 is 0. The lowest BCUT2D eigenvalue weighted by Gasteiger charge is -2.13. The Morgan fingerprint density at radius 1 is 1.15 bits per heavy atom. The number of amides is 1. The van der Waals surface area contributed by atoms with E-state index < -0.39 is 5.97 Å². The van der Waals surface area contributed by atoms with Crippen molar-refractivity contribution in [1.82, 2.24) is 9.88 Å². The first kappa shape index (κ1) is 24.6. The van der Waals surface area contributed by atoms with Crippen LogP contribution in [0.2, 0.25) is 0 Å². The summed E-state index contributed by atoms with van der Waals surface area (Å²) in [5.41, 5.74) is 2.23. The number of ether oxygens (including phenoxy) is 4. The molecule has 0 radical (unpaired) electrons. The van der Waals surface area contributed by atoms with E-state index >= 15 is 0 Å². The van der Waals surface area contributed by atoms with Crippen LogP contribution in [0.1, 0.15) is 36.2 Å². The largest absolute Gasteiger partial charge is 0.493 e. The molecular formula is C25H27N3O6. The van der Waals surface area contributed by atoms with Gasteiger partial charge < -0.3 is 28.8 Å². The Labute approximate surface area is 197 Å². The fraction of sp³-hybridized carbons (Fsp3) is 0.320. The minimum absolute atomic E-state index is 0.0395. The van der Waals surface area contributed by atoms with Crippen LogP contribution in [0.4, 0.5) is 0 Å². The van der Waals surface area contributed by atoms with Gasteiger partial charge in [0.2, 0.25) is 5.91 Å². The first-order valence-electron chi connectivity index (χ1n) is 10.8. The van der Waals surface area contributed by atoms with E-state index in [1.807, 2.05) is 22.8 Å². The maximum Gasteiger partial charge on any atom is 0.341 e. The number of carbonyl (C=O) groups is 2. The number of nitrogens with one attached hydrogen (secondary N) is 1. The molecule has 0 aliphatic carbocycles. The van der Waals surface area contributed by atoms with Crippen molar-refractivity contribution < 1.29 is 28.5 Å². The van der Waals surface area contributed by atoms with Crippen LogP contribution in [-0.4, -0.2) is 50.1 Å². The van der Waals surface area contributed by atoms with Crippen LogP contribution in [-0.2, 0) is 14.3 Å². The molecule has 9 nitrogen and oxygen atoms in total. The second-order valence-corrected chi connectivity index (χ2v) is 7.34. The number of nitriles is 1. The van der Waals surface area contributed by atoms with Gasteiger partial charge in [0, 0.05) is 50.0 Å². The molecule has 0 saturated carbocycles. The van der Waals surface area contributed by atoms with E-state index in [-0.39, 0.29) is 24.9 Å². The molecule has 0 atom stereocenters. The fourth-order valence-corrected chi connectivity index (χ4v) is 3.41. The molecule has 0 bridgehead atoms. The summed E-state index contributed by atoms with van der Waals surface area (Å²) in [6, 6.07) is 12.8. The Balaban J connectivity index is 1.95. The maximum absolute atomic E-state index is 12.3. The lowest BCUT2D eigenvalue weighted by Crippen LogP contribution is -2.22. The quantitative estimate of drug-likeness (QED) is 0.262. The molecular weight excluding hydrogens is 438 g/mol. The number of hydrogen-bond acceptors (Lipinski definition) is 7. The van der Waals surface area contributed by atoms with Crippen molar-refractivity contribution in [3.63, 3.8) is 0 Å². The summed E-state index contributed by atoms with van der Waals surface area (Å²) in [4.78, 5) is 23.3. The average molecular weight is 466 g/mol. The van der Waals surface area contributed by atoms with E-state index in [0.717, 1.165) is 10.9 Å². The third kappa shape index (κ3) is 5.85. The number of benzene rings is 2. The van der Waals surface area contributed by atoms with E-state index in [0.29, 0.717) is 42.3 Å². The lowest BCUT2D eigenvalue weighted by atomic mass is 10.1. The highest BCUT2D eigenvalue weighted by Crippen LogP contribution is 2.31. The zero-order valence-corrected chi connectivity index (χ0v) is 19.4. The summed E-state index contributed by atoms with van der Waals surface area (Å²) in [6.45, 7) is 4.37. The number of nitrogens with zero attached hydrogens (tertiary/aromatic N) is 2. The Bertz CT molecular complexity index is 1210. The highest BCUT2D eigenvalue weighted by atomic mass is 16.7. The number of rotatable bonds is 11. The Morgan fingerprint density at radius 2 is 1.97 bits per heavy atom. The van der Waals surface area contributed by atoms with Gasteiger partial charge in [-0.15, -0.1) is 0 Å². The van der Waals surface area contributed by atoms with Gasteiger partial charge in [-0.2, -0.15) is 5.26 Å². The van der Waals surface area contributed by atoms with Crippen molar-refractivity contribution >= 4 is 22.8 Å². The standard InChI is InChI=1S/C25H27N3O6/c1-4-32-25(30)22-8-6-19(12-24(22)34-16-31-3)28-15-18(14-26)21-9-7-20(13-23(21)28)33-11-5-10-27-17(2)29/h6-9,12-13,15H,4-5,10-11,16H2,1-3H3,(H,27,29). The fourth-order valence-electron chi connectivity index (χ4n) is 3.41. The van der Waals surface area contributed by atoms with Crippen molar-refractivity contribution in [2.24, 2.45) is 0 Å². The van der Waals surface area contributed by atoms with Crippen LogP contribution < -0.4 is 14.8 Å². The van der Waals surface area contributed by atoms with Crippen molar-refractivity contribution in [2.45, 2.75) is 20.3 Å². The molecule has 34 heavy (non-hydrogen) atoms. The molecule has 3 rings (SSSR count). The number of hydrogen-bond donors (Lipinski definition) is 1. The van der Waals surface area contributed by atoms with Gasteiger partial charge in [0.05, 0.1) is 24.3 Å². The first-order chi connectivity index (χ1) is 16.5. The Morgan fingerprint density at radius 3 is 2.68 bits per heavy atom. The average Bonchev–Trinajstić information content (AvgIpc) is 3.20. The molecule has 0 fully saturated rings. The Hall–Kier alpha value is -4.03. The van der Waals surface area contributed by atoms with Crippen LogP contribution in [0, 0.1) is 11.3 Å². The van der Waals surface area contributed by atoms with Gasteiger partial charge in [-0.3, -0.25) is 4.79 Å². The predicted octanol–water partition coefficient (Wildman–Crippen LogP) is 3.57. The summed E-state index contributed by atoms with van der Waals surface area (Å²) in [5.74, 6) is 0.373. The molecule has 1 heterocycles. The van der Waals surface area contributed by atoms with E-state index in [1.54, 1.807) is 31.3 Å². The molecule has 0 saturated heterocycles. The number of methoxy groups -OCH3 is 1. The van der Waals surface area contributed by atoms with Gasteiger partial charge in [0.25, 0.3) is 0 Å². The number of fused-ring (bicyclic) bond motifs is 1. The van der Waals surface area contributed by atoms with Gasteiger partial charge in [0.15, 0.2) is 6.79 Å². The van der Waals surface area contributed by atoms with Crippen LogP contribution in [0.3, 0.4) is 0 Å². The summed E-state index contributed by atoms with van der Waals surface area (Å²) in [5, 5.41) is 13.1. The smallest absolute Gasteiger partial charge is 0.341 e. The third-order valence-electron chi connectivity index (χ3n) is 4.93. The zero-order valence-electron chi connectivity index (χ0n) is 19.4. The normalized spacial score (nSPS) is 10.5. The molecule has 0 unspecified atom stereocenters. The topological polar surface area (TPSA) is 112 Å². The summed E-state index contributed by atoms with van der Waals surface area (Å²) in [7, 11) is 1.49. The Kier molecular flexibility index (Phi) is 8.48. The minimum atomic E-state index is -0.495. The molecule has 9 heteroatoms. The molecule has 1 N–H and O–H groups in total. The summed E-state index contributed by atoms with van der Waals surface area (Å²) < 4.78 is 23.4. The molecule has 1 amide bonds. The van der Waals surface area contributed by atoms with E-state index in [2.05, 4.69) is 11.4 Å². The molecule has 1 aromatic heterocycles. The van der Waals surface area contributed by atoms with Crippen LogP contribution in [0.25, 0.3) is 16.6 Å². The predicted molar refractivity (Wildman–Crippen MR) is 125 cm³/mol. The lowest BCUT2D eigenvalue weighted by molar-refractivity contribution is -0.118. The SMILES string of the molecule is CCOC(=O)c1ccc(-n2cc(C#N)c3ccc(OCCCNC(C)=O)cc32)cc1OCOC. The molecule has 0 aliphatic rings. The molecule has 2 aromatic carbocycles. The van der Waals surface area contributed by atoms with Crippen molar-refractivity contribution in [3.8, 4) is 23.3 Å². The van der Waals surface area contributed by atoms with Gasteiger partial charge in [0.1, 0.15) is 23.1 Å². The summed E-state index contributed by atoms with van der Waals surface area (Å²) in [6.07, 6.45) is 2.39. The number of aromatic nitrogens is 1. The van der Waals surface area contributed by atoms with Gasteiger partial charge in [-0.1, -0.05) is 0 Å². The van der Waals surface area contributed by atoms with Crippen LogP contribution in [0.15, 0.2) is 42.6 Å². The monoisotopic (exact) mass is 465 g/mol. The zero-order chi connectivity index (χ0) is 24.5. The first-order valence-corrected chi connectivity index (χ1v) is 10.8. The second-order valence-electron chi connectivity index (χ2n) is 7.34. The molecule has 3 aromatic rings.